The van der Waals surface area contributed by atoms with E-state index in [1.54, 1.807) is 0 Å². The lowest BCUT2D eigenvalue weighted by atomic mass is 9.94. The van der Waals surface area contributed by atoms with Gasteiger partial charge in [0.25, 0.3) is 0 Å². The highest BCUT2D eigenvalue weighted by atomic mass is 16.5. The Labute approximate surface area is 103 Å². The molecular formula is C12H24N2O3. The van der Waals surface area contributed by atoms with E-state index in [0.29, 0.717) is 12.5 Å². The highest BCUT2D eigenvalue weighted by molar-refractivity contribution is 5.68. The smallest absolute Gasteiger partial charge is 0.407 e. The van der Waals surface area contributed by atoms with E-state index in [1.807, 2.05) is 20.8 Å². The van der Waals surface area contributed by atoms with E-state index in [0.717, 1.165) is 19.4 Å². The van der Waals surface area contributed by atoms with Gasteiger partial charge in [-0.15, -0.1) is 0 Å². The molecular weight excluding hydrogens is 220 g/mol. The molecule has 0 aromatic carbocycles. The molecule has 0 saturated carbocycles. The number of ether oxygens (including phenoxy) is 1. The van der Waals surface area contributed by atoms with Gasteiger partial charge in [0.15, 0.2) is 0 Å². The first-order valence-corrected chi connectivity index (χ1v) is 6.20. The van der Waals surface area contributed by atoms with Gasteiger partial charge < -0.3 is 20.5 Å². The monoisotopic (exact) mass is 244 g/mol. The van der Waals surface area contributed by atoms with Gasteiger partial charge in [0, 0.05) is 18.2 Å². The molecule has 1 fully saturated rings. The summed E-state index contributed by atoms with van der Waals surface area (Å²) in [6.45, 7) is 7.18. The molecule has 0 spiro atoms. The summed E-state index contributed by atoms with van der Waals surface area (Å²) >= 11 is 0. The van der Waals surface area contributed by atoms with Gasteiger partial charge >= 0.3 is 6.09 Å². The summed E-state index contributed by atoms with van der Waals surface area (Å²) in [4.78, 5) is 11.4. The van der Waals surface area contributed by atoms with Crippen LogP contribution in [0, 0.1) is 5.92 Å². The Morgan fingerprint density at radius 3 is 2.82 bits per heavy atom. The minimum Gasteiger partial charge on any atom is -0.448 e. The number of carbonyl (C=O) groups excluding carboxylic acids is 1. The van der Waals surface area contributed by atoms with Crippen molar-refractivity contribution in [3.05, 3.63) is 0 Å². The topological polar surface area (TPSA) is 70.6 Å². The molecule has 5 nitrogen and oxygen atoms in total. The van der Waals surface area contributed by atoms with Crippen molar-refractivity contribution in [1.82, 2.24) is 10.6 Å². The molecule has 0 aromatic rings. The predicted molar refractivity (Wildman–Crippen MR) is 65.8 cm³/mol. The van der Waals surface area contributed by atoms with Crippen molar-refractivity contribution in [2.45, 2.75) is 45.2 Å². The number of rotatable bonds is 3. The van der Waals surface area contributed by atoms with E-state index in [1.165, 1.54) is 0 Å². The lowest BCUT2D eigenvalue weighted by Crippen LogP contribution is -2.45. The zero-order valence-corrected chi connectivity index (χ0v) is 11.0. The van der Waals surface area contributed by atoms with Gasteiger partial charge in [-0.1, -0.05) is 0 Å². The molecule has 1 aliphatic heterocycles. The van der Waals surface area contributed by atoms with Crippen LogP contribution in [0.2, 0.25) is 0 Å². The van der Waals surface area contributed by atoms with Crippen LogP contribution in [-0.2, 0) is 4.74 Å². The van der Waals surface area contributed by atoms with Crippen LogP contribution < -0.4 is 10.6 Å². The molecule has 0 bridgehead atoms. The summed E-state index contributed by atoms with van der Waals surface area (Å²) in [6, 6.07) is 0.159. The van der Waals surface area contributed by atoms with E-state index >= 15 is 0 Å². The molecule has 2 atom stereocenters. The SMILES string of the molecule is CC(C)(C)NC(=O)OCC1CC(CO)CCN1. The molecule has 1 heterocycles. The molecule has 3 N–H and O–H groups in total. The molecule has 1 aliphatic rings. The van der Waals surface area contributed by atoms with Gasteiger partial charge in [-0.25, -0.2) is 4.79 Å². The molecule has 0 aliphatic carbocycles. The van der Waals surface area contributed by atoms with Gasteiger partial charge in [0.1, 0.15) is 6.61 Å². The first-order valence-electron chi connectivity index (χ1n) is 6.20. The molecule has 1 saturated heterocycles. The average molecular weight is 244 g/mol. The second-order valence-corrected chi connectivity index (χ2v) is 5.70. The van der Waals surface area contributed by atoms with Gasteiger partial charge in [-0.05, 0) is 46.1 Å². The van der Waals surface area contributed by atoms with Crippen molar-refractivity contribution < 1.29 is 14.6 Å². The molecule has 1 rings (SSSR count). The Morgan fingerprint density at radius 1 is 1.53 bits per heavy atom. The first kappa shape index (κ1) is 14.3. The normalized spacial score (nSPS) is 25.4. The zero-order valence-electron chi connectivity index (χ0n) is 11.0. The molecule has 17 heavy (non-hydrogen) atoms. The fraction of sp³-hybridized carbons (Fsp3) is 0.917. The summed E-state index contributed by atoms with van der Waals surface area (Å²) in [5.74, 6) is 0.329. The van der Waals surface area contributed by atoms with E-state index in [9.17, 15) is 4.79 Å². The van der Waals surface area contributed by atoms with Crippen molar-refractivity contribution in [3.63, 3.8) is 0 Å². The molecule has 0 aromatic heterocycles. The summed E-state index contributed by atoms with van der Waals surface area (Å²) < 4.78 is 5.16. The standard InChI is InChI=1S/C12H24N2O3/c1-12(2,3)14-11(16)17-8-10-6-9(7-15)4-5-13-10/h9-10,13,15H,4-8H2,1-3H3,(H,14,16). The number of aliphatic hydroxyl groups is 1. The fourth-order valence-corrected chi connectivity index (χ4v) is 1.91. The second-order valence-electron chi connectivity index (χ2n) is 5.70. The van der Waals surface area contributed by atoms with E-state index in [4.69, 9.17) is 9.84 Å². The number of hydrogen-bond acceptors (Lipinski definition) is 4. The third-order valence-electron chi connectivity index (χ3n) is 2.75. The number of hydrogen-bond donors (Lipinski definition) is 3. The molecule has 2 unspecified atom stereocenters. The summed E-state index contributed by atoms with van der Waals surface area (Å²) in [7, 11) is 0. The quantitative estimate of drug-likeness (QED) is 0.689. The second kappa shape index (κ2) is 6.21. The molecule has 0 radical (unpaired) electrons. The Bertz CT molecular complexity index is 251. The van der Waals surface area contributed by atoms with Gasteiger partial charge in [-0.3, -0.25) is 0 Å². The fourth-order valence-electron chi connectivity index (χ4n) is 1.91. The Kier molecular flexibility index (Phi) is 5.21. The number of piperidine rings is 1. The van der Waals surface area contributed by atoms with Gasteiger partial charge in [0.2, 0.25) is 0 Å². The minimum atomic E-state index is -0.384. The third-order valence-corrected chi connectivity index (χ3v) is 2.75. The number of nitrogens with one attached hydrogen (secondary N) is 2. The lowest BCUT2D eigenvalue weighted by molar-refractivity contribution is 0.104. The maximum atomic E-state index is 11.4. The van der Waals surface area contributed by atoms with Crippen molar-refractivity contribution in [3.8, 4) is 0 Å². The van der Waals surface area contributed by atoms with Crippen LogP contribution in [0.5, 0.6) is 0 Å². The van der Waals surface area contributed by atoms with Crippen molar-refractivity contribution >= 4 is 6.09 Å². The maximum absolute atomic E-state index is 11.4. The minimum absolute atomic E-state index is 0.159. The summed E-state index contributed by atoms with van der Waals surface area (Å²) in [6.07, 6.45) is 1.46. The van der Waals surface area contributed by atoms with Crippen LogP contribution in [0.1, 0.15) is 33.6 Å². The van der Waals surface area contributed by atoms with Crippen LogP contribution in [0.25, 0.3) is 0 Å². The maximum Gasteiger partial charge on any atom is 0.407 e. The zero-order chi connectivity index (χ0) is 12.9. The van der Waals surface area contributed by atoms with Gasteiger partial charge in [0.05, 0.1) is 0 Å². The van der Waals surface area contributed by atoms with Gasteiger partial charge in [-0.2, -0.15) is 0 Å². The van der Waals surface area contributed by atoms with Crippen LogP contribution in [-0.4, -0.2) is 42.5 Å². The highest BCUT2D eigenvalue weighted by Crippen LogP contribution is 2.15. The van der Waals surface area contributed by atoms with Crippen LogP contribution in [0.3, 0.4) is 0 Å². The van der Waals surface area contributed by atoms with Crippen molar-refractivity contribution in [2.75, 3.05) is 19.8 Å². The number of carbonyl (C=O) groups is 1. The first-order chi connectivity index (χ1) is 7.90. The molecule has 100 valence electrons. The summed E-state index contributed by atoms with van der Waals surface area (Å²) in [5, 5.41) is 15.1. The van der Waals surface area contributed by atoms with E-state index < -0.39 is 0 Å². The Balaban J connectivity index is 2.23. The van der Waals surface area contributed by atoms with Crippen LogP contribution in [0.4, 0.5) is 4.79 Å². The van der Waals surface area contributed by atoms with Crippen molar-refractivity contribution in [1.29, 1.82) is 0 Å². The van der Waals surface area contributed by atoms with Crippen molar-refractivity contribution in [2.24, 2.45) is 5.92 Å². The Morgan fingerprint density at radius 2 is 2.24 bits per heavy atom. The summed E-state index contributed by atoms with van der Waals surface area (Å²) in [5.41, 5.74) is -0.273. The third kappa shape index (κ3) is 5.89. The molecule has 5 heteroatoms. The lowest BCUT2D eigenvalue weighted by Gasteiger charge is -2.29. The number of alkyl carbamates (subject to hydrolysis) is 1. The predicted octanol–water partition coefficient (Wildman–Crippen LogP) is 0.872. The largest absolute Gasteiger partial charge is 0.448 e. The average Bonchev–Trinajstić information content (AvgIpc) is 2.24. The Hall–Kier alpha value is -0.810. The number of amides is 1. The number of aliphatic hydroxyl groups excluding tert-OH is 1. The van der Waals surface area contributed by atoms with Crippen LogP contribution >= 0.6 is 0 Å². The highest BCUT2D eigenvalue weighted by Gasteiger charge is 2.22. The molecule has 1 amide bonds. The van der Waals surface area contributed by atoms with E-state index in [-0.39, 0.29) is 24.3 Å². The van der Waals surface area contributed by atoms with Crippen LogP contribution in [0.15, 0.2) is 0 Å². The van der Waals surface area contributed by atoms with E-state index in [2.05, 4.69) is 10.6 Å².